The third-order valence-electron chi connectivity index (χ3n) is 2.64. The van der Waals surface area contributed by atoms with Crippen LogP contribution in [0, 0.1) is 0 Å². The summed E-state index contributed by atoms with van der Waals surface area (Å²) in [5.41, 5.74) is 3.64. The van der Waals surface area contributed by atoms with E-state index >= 15 is 0 Å². The fourth-order valence-corrected chi connectivity index (χ4v) is 1.69. The van der Waals surface area contributed by atoms with E-state index in [1.807, 2.05) is 12.1 Å². The molecular formula is C17H16N2. The molecule has 0 saturated carbocycles. The first kappa shape index (κ1) is 12.8. The van der Waals surface area contributed by atoms with E-state index in [2.05, 4.69) is 65.1 Å². The van der Waals surface area contributed by atoms with Gasteiger partial charge in [0.05, 0.1) is 6.33 Å². The molecule has 0 atom stereocenters. The highest BCUT2D eigenvalue weighted by Crippen LogP contribution is 2.20. The van der Waals surface area contributed by atoms with Crippen molar-refractivity contribution in [2.45, 2.75) is 0 Å². The molecule has 0 unspecified atom stereocenters. The van der Waals surface area contributed by atoms with E-state index in [1.165, 1.54) is 11.1 Å². The summed E-state index contributed by atoms with van der Waals surface area (Å²) in [6.07, 6.45) is 6.95. The van der Waals surface area contributed by atoms with Gasteiger partial charge in [0.15, 0.2) is 0 Å². The fourth-order valence-electron chi connectivity index (χ4n) is 1.69. The zero-order valence-corrected chi connectivity index (χ0v) is 10.7. The van der Waals surface area contributed by atoms with E-state index in [0.29, 0.717) is 0 Å². The summed E-state index contributed by atoms with van der Waals surface area (Å²) in [5, 5.41) is 0. The van der Waals surface area contributed by atoms with E-state index in [-0.39, 0.29) is 0 Å². The van der Waals surface area contributed by atoms with Crippen LogP contribution in [0.5, 0.6) is 0 Å². The molecule has 0 aliphatic rings. The number of hydrogen-bond donors (Lipinski definition) is 1. The number of hydrogen-bond acceptors (Lipinski definition) is 1. The average molecular weight is 248 g/mol. The number of aromatic amines is 1. The number of nitrogens with zero attached hydrogens (tertiary/aromatic N) is 1. The maximum Gasteiger partial charge on any atom is 0.0919 e. The summed E-state index contributed by atoms with van der Waals surface area (Å²) in [4.78, 5) is 6.42. The van der Waals surface area contributed by atoms with Crippen LogP contribution in [-0.2, 0) is 0 Å². The van der Waals surface area contributed by atoms with E-state index in [4.69, 9.17) is 0 Å². The lowest BCUT2D eigenvalue weighted by molar-refractivity contribution is 1.31. The zero-order valence-electron chi connectivity index (χ0n) is 10.7. The van der Waals surface area contributed by atoms with Crippen molar-refractivity contribution >= 4 is 6.08 Å². The molecule has 0 spiro atoms. The SMILES string of the molecule is C=Cc1cccc(-c2ccccc2)c1.c1c[nH]cn1. The highest BCUT2D eigenvalue weighted by Gasteiger charge is 1.95. The van der Waals surface area contributed by atoms with E-state index in [9.17, 15) is 0 Å². The Morgan fingerprint density at radius 3 is 2.32 bits per heavy atom. The number of H-pyrrole nitrogens is 1. The molecule has 19 heavy (non-hydrogen) atoms. The average Bonchev–Trinajstić information content (AvgIpc) is 3.08. The summed E-state index contributed by atoms with van der Waals surface area (Å²) in [6.45, 7) is 3.77. The molecule has 1 N–H and O–H groups in total. The molecule has 1 aromatic heterocycles. The van der Waals surface area contributed by atoms with Crippen molar-refractivity contribution in [2.24, 2.45) is 0 Å². The summed E-state index contributed by atoms with van der Waals surface area (Å²) >= 11 is 0. The quantitative estimate of drug-likeness (QED) is 0.715. The Bertz CT molecular complexity index is 581. The van der Waals surface area contributed by atoms with Crippen LogP contribution in [0.4, 0.5) is 0 Å². The molecule has 2 heteroatoms. The molecule has 0 radical (unpaired) electrons. The highest BCUT2D eigenvalue weighted by molar-refractivity contribution is 5.66. The third-order valence-corrected chi connectivity index (χ3v) is 2.64. The predicted molar refractivity (Wildman–Crippen MR) is 80.6 cm³/mol. The predicted octanol–water partition coefficient (Wildman–Crippen LogP) is 4.41. The first-order valence-electron chi connectivity index (χ1n) is 6.11. The molecule has 2 nitrogen and oxygen atoms in total. The zero-order chi connectivity index (χ0) is 13.3. The van der Waals surface area contributed by atoms with Crippen LogP contribution in [0.3, 0.4) is 0 Å². The summed E-state index contributed by atoms with van der Waals surface area (Å²) in [5.74, 6) is 0. The van der Waals surface area contributed by atoms with Crippen molar-refractivity contribution in [2.75, 3.05) is 0 Å². The maximum atomic E-state index is 3.77. The van der Waals surface area contributed by atoms with Crippen LogP contribution in [0.1, 0.15) is 5.56 Å². The molecule has 94 valence electrons. The van der Waals surface area contributed by atoms with Crippen LogP contribution in [0.15, 0.2) is 79.9 Å². The third kappa shape index (κ3) is 3.96. The second-order valence-electron chi connectivity index (χ2n) is 3.96. The van der Waals surface area contributed by atoms with Gasteiger partial charge in [-0.3, -0.25) is 0 Å². The van der Waals surface area contributed by atoms with Crippen LogP contribution in [0.2, 0.25) is 0 Å². The van der Waals surface area contributed by atoms with E-state index in [0.717, 1.165) is 5.56 Å². The smallest absolute Gasteiger partial charge is 0.0919 e. The molecule has 2 aromatic carbocycles. The number of aromatic nitrogens is 2. The van der Waals surface area contributed by atoms with Gasteiger partial charge in [-0.15, -0.1) is 0 Å². The topological polar surface area (TPSA) is 28.7 Å². The summed E-state index contributed by atoms with van der Waals surface area (Å²) in [7, 11) is 0. The molecule has 0 aliphatic carbocycles. The molecule has 0 saturated heterocycles. The van der Waals surface area contributed by atoms with Gasteiger partial charge in [0, 0.05) is 12.4 Å². The maximum absolute atomic E-state index is 3.77. The van der Waals surface area contributed by atoms with Gasteiger partial charge < -0.3 is 4.98 Å². The van der Waals surface area contributed by atoms with Crippen LogP contribution >= 0.6 is 0 Å². The minimum Gasteiger partial charge on any atom is -0.351 e. The van der Waals surface area contributed by atoms with Gasteiger partial charge in [-0.25, -0.2) is 4.98 Å². The minimum atomic E-state index is 1.16. The second-order valence-corrected chi connectivity index (χ2v) is 3.96. The standard InChI is InChI=1S/C14H12.C3H4N2/c1-2-12-7-6-10-14(11-12)13-8-4-3-5-9-13;1-2-5-3-4-1/h2-11H,1H2;1-3H,(H,4,5). The van der Waals surface area contributed by atoms with Crippen molar-refractivity contribution in [1.29, 1.82) is 0 Å². The number of benzene rings is 2. The molecule has 0 bridgehead atoms. The Labute approximate surface area is 113 Å². The lowest BCUT2D eigenvalue weighted by Gasteiger charge is -2.01. The Kier molecular flexibility index (Phi) is 4.71. The fraction of sp³-hybridized carbons (Fsp3) is 0. The second kappa shape index (κ2) is 6.97. The van der Waals surface area contributed by atoms with Gasteiger partial charge in [0.2, 0.25) is 0 Å². The largest absolute Gasteiger partial charge is 0.351 e. The van der Waals surface area contributed by atoms with Crippen LogP contribution in [-0.4, -0.2) is 9.97 Å². The van der Waals surface area contributed by atoms with Crippen molar-refractivity contribution < 1.29 is 0 Å². The normalized spacial score (nSPS) is 9.26. The van der Waals surface area contributed by atoms with E-state index < -0.39 is 0 Å². The lowest BCUT2D eigenvalue weighted by Crippen LogP contribution is -1.77. The molecule has 1 heterocycles. The highest BCUT2D eigenvalue weighted by atomic mass is 14.8. The van der Waals surface area contributed by atoms with Gasteiger partial charge in [-0.2, -0.15) is 0 Å². The van der Waals surface area contributed by atoms with Gasteiger partial charge in [0.25, 0.3) is 0 Å². The first-order chi connectivity index (χ1) is 9.40. The first-order valence-corrected chi connectivity index (χ1v) is 6.11. The van der Waals surface area contributed by atoms with Crippen LogP contribution < -0.4 is 0 Å². The van der Waals surface area contributed by atoms with Crippen LogP contribution in [0.25, 0.3) is 17.2 Å². The molecule has 0 fully saturated rings. The van der Waals surface area contributed by atoms with Crippen molar-refractivity contribution in [3.8, 4) is 11.1 Å². The molecule has 0 aliphatic heterocycles. The van der Waals surface area contributed by atoms with Crippen molar-refractivity contribution in [3.63, 3.8) is 0 Å². The Balaban J connectivity index is 0.000000224. The van der Waals surface area contributed by atoms with Gasteiger partial charge >= 0.3 is 0 Å². The number of imidazole rings is 1. The Hall–Kier alpha value is -2.61. The summed E-state index contributed by atoms with van der Waals surface area (Å²) < 4.78 is 0. The molecule has 3 rings (SSSR count). The summed E-state index contributed by atoms with van der Waals surface area (Å²) in [6, 6.07) is 18.7. The Morgan fingerprint density at radius 2 is 1.74 bits per heavy atom. The van der Waals surface area contributed by atoms with Gasteiger partial charge in [-0.05, 0) is 22.8 Å². The molecular weight excluding hydrogens is 232 g/mol. The van der Waals surface area contributed by atoms with Crippen molar-refractivity contribution in [3.05, 3.63) is 85.5 Å². The van der Waals surface area contributed by atoms with Gasteiger partial charge in [-0.1, -0.05) is 61.2 Å². The Morgan fingerprint density at radius 1 is 0.947 bits per heavy atom. The monoisotopic (exact) mass is 248 g/mol. The van der Waals surface area contributed by atoms with E-state index in [1.54, 1.807) is 18.7 Å². The number of nitrogens with one attached hydrogen (secondary N) is 1. The molecule has 3 aromatic rings. The number of rotatable bonds is 2. The van der Waals surface area contributed by atoms with Crippen molar-refractivity contribution in [1.82, 2.24) is 9.97 Å². The molecule has 0 amide bonds. The van der Waals surface area contributed by atoms with Gasteiger partial charge in [0.1, 0.15) is 0 Å². The minimum absolute atomic E-state index is 1.16. The lowest BCUT2D eigenvalue weighted by atomic mass is 10.0.